The lowest BCUT2D eigenvalue weighted by Gasteiger charge is -2.15. The summed E-state index contributed by atoms with van der Waals surface area (Å²) < 4.78 is 7.35. The zero-order valence-electron chi connectivity index (χ0n) is 12.3. The molecule has 0 spiro atoms. The van der Waals surface area contributed by atoms with Gasteiger partial charge in [0, 0.05) is 25.4 Å². The van der Waals surface area contributed by atoms with Gasteiger partial charge in [0.2, 0.25) is 5.91 Å². The molecule has 0 unspecified atom stereocenters. The maximum Gasteiger partial charge on any atom is 0.243 e. The molecule has 3 rings (SSSR count). The average Bonchev–Trinajstić information content (AvgIpc) is 3.11. The van der Waals surface area contributed by atoms with Crippen LogP contribution in [0.2, 0.25) is 0 Å². The van der Waals surface area contributed by atoms with Crippen LogP contribution in [0.15, 0.2) is 30.6 Å². The maximum atomic E-state index is 12.2. The van der Waals surface area contributed by atoms with E-state index in [1.54, 1.807) is 6.20 Å². The van der Waals surface area contributed by atoms with Crippen LogP contribution in [-0.2, 0) is 17.8 Å². The van der Waals surface area contributed by atoms with E-state index in [1.807, 2.05) is 36.7 Å². The van der Waals surface area contributed by atoms with Crippen LogP contribution in [0.1, 0.15) is 29.9 Å². The average molecular weight is 285 g/mol. The van der Waals surface area contributed by atoms with Gasteiger partial charge in [-0.3, -0.25) is 4.79 Å². The first-order valence-electron chi connectivity index (χ1n) is 7.17. The van der Waals surface area contributed by atoms with Crippen LogP contribution in [0.4, 0.5) is 0 Å². The fourth-order valence-electron chi connectivity index (χ4n) is 2.61. The number of hydrogen-bond acceptors (Lipinski definition) is 3. The largest absolute Gasteiger partial charge is 0.493 e. The van der Waals surface area contributed by atoms with Crippen molar-refractivity contribution in [3.63, 3.8) is 0 Å². The molecular weight excluding hydrogens is 266 g/mol. The van der Waals surface area contributed by atoms with Crippen LogP contribution in [0.25, 0.3) is 0 Å². The number of aromatic nitrogens is 2. The van der Waals surface area contributed by atoms with Crippen LogP contribution in [-0.4, -0.2) is 22.1 Å². The van der Waals surface area contributed by atoms with Gasteiger partial charge < -0.3 is 14.6 Å². The first-order valence-corrected chi connectivity index (χ1v) is 7.17. The highest BCUT2D eigenvalue weighted by Crippen LogP contribution is 2.25. The van der Waals surface area contributed by atoms with E-state index in [1.165, 1.54) is 5.56 Å². The van der Waals surface area contributed by atoms with E-state index in [4.69, 9.17) is 4.74 Å². The number of carbonyl (C=O) groups is 1. The third-order valence-corrected chi connectivity index (χ3v) is 3.88. The van der Waals surface area contributed by atoms with Gasteiger partial charge in [-0.1, -0.05) is 12.1 Å². The van der Waals surface area contributed by atoms with Gasteiger partial charge in [-0.15, -0.1) is 0 Å². The van der Waals surface area contributed by atoms with Gasteiger partial charge in [0.25, 0.3) is 0 Å². The van der Waals surface area contributed by atoms with Crippen molar-refractivity contribution in [1.82, 2.24) is 14.9 Å². The summed E-state index contributed by atoms with van der Waals surface area (Å²) in [4.78, 5) is 16.4. The van der Waals surface area contributed by atoms with Crippen molar-refractivity contribution in [3.05, 3.63) is 47.5 Å². The molecule has 5 heteroatoms. The second-order valence-electron chi connectivity index (χ2n) is 5.32. The Morgan fingerprint density at radius 3 is 3.14 bits per heavy atom. The molecule has 0 bridgehead atoms. The normalized spacial score (nSPS) is 14.4. The highest BCUT2D eigenvalue weighted by atomic mass is 16.5. The third-order valence-electron chi connectivity index (χ3n) is 3.88. The van der Waals surface area contributed by atoms with Gasteiger partial charge in [-0.2, -0.15) is 0 Å². The first-order chi connectivity index (χ1) is 10.1. The Labute approximate surface area is 124 Å². The number of fused-ring (bicyclic) bond motifs is 1. The standard InChI is InChI=1S/C16H19N3O2/c1-11(19-7-6-17-12(19)2)16(20)18-10-13-3-4-15-14(9-13)5-8-21-15/h3-4,6-7,9,11H,5,8,10H2,1-2H3,(H,18,20)/t11-/m1/s1. The highest BCUT2D eigenvalue weighted by molar-refractivity contribution is 5.79. The lowest BCUT2D eigenvalue weighted by atomic mass is 10.1. The molecule has 1 aliphatic heterocycles. The third kappa shape index (κ3) is 2.77. The number of aryl methyl sites for hydroxylation is 1. The van der Waals surface area contributed by atoms with E-state index in [9.17, 15) is 4.79 Å². The molecule has 0 aliphatic carbocycles. The van der Waals surface area contributed by atoms with E-state index < -0.39 is 0 Å². The second-order valence-corrected chi connectivity index (χ2v) is 5.32. The maximum absolute atomic E-state index is 12.2. The Morgan fingerprint density at radius 1 is 1.52 bits per heavy atom. The Kier molecular flexibility index (Phi) is 3.64. The molecule has 110 valence electrons. The van der Waals surface area contributed by atoms with E-state index in [0.29, 0.717) is 6.54 Å². The number of hydrogen-bond donors (Lipinski definition) is 1. The first kappa shape index (κ1) is 13.7. The Balaban J connectivity index is 1.62. The molecule has 2 heterocycles. The summed E-state index contributed by atoms with van der Waals surface area (Å²) in [5.74, 6) is 1.80. The number of imidazole rings is 1. The van der Waals surface area contributed by atoms with Crippen molar-refractivity contribution in [3.8, 4) is 5.75 Å². The quantitative estimate of drug-likeness (QED) is 0.935. The number of nitrogens with one attached hydrogen (secondary N) is 1. The molecule has 0 saturated carbocycles. The summed E-state index contributed by atoms with van der Waals surface area (Å²) in [6, 6.07) is 5.82. The van der Waals surface area contributed by atoms with Gasteiger partial charge in [-0.05, 0) is 31.0 Å². The van der Waals surface area contributed by atoms with Gasteiger partial charge in [0.15, 0.2) is 0 Å². The minimum absolute atomic E-state index is 0.00662. The van der Waals surface area contributed by atoms with Gasteiger partial charge in [0.1, 0.15) is 17.6 Å². The smallest absolute Gasteiger partial charge is 0.243 e. The number of benzene rings is 1. The monoisotopic (exact) mass is 285 g/mol. The molecule has 1 aromatic heterocycles. The van der Waals surface area contributed by atoms with E-state index >= 15 is 0 Å². The van der Waals surface area contributed by atoms with Crippen molar-refractivity contribution in [2.45, 2.75) is 32.9 Å². The van der Waals surface area contributed by atoms with Crippen LogP contribution in [0, 0.1) is 6.92 Å². The molecule has 1 atom stereocenters. The molecule has 1 N–H and O–H groups in total. The van der Waals surface area contributed by atoms with Crippen molar-refractivity contribution < 1.29 is 9.53 Å². The molecule has 0 fully saturated rings. The predicted octanol–water partition coefficient (Wildman–Crippen LogP) is 2.00. The van der Waals surface area contributed by atoms with Crippen molar-refractivity contribution >= 4 is 5.91 Å². The van der Waals surface area contributed by atoms with Crippen LogP contribution >= 0.6 is 0 Å². The summed E-state index contributed by atoms with van der Waals surface area (Å²) in [7, 11) is 0. The number of amides is 1. The van der Waals surface area contributed by atoms with Crippen molar-refractivity contribution in [2.75, 3.05) is 6.61 Å². The lowest BCUT2D eigenvalue weighted by Crippen LogP contribution is -2.30. The summed E-state index contributed by atoms with van der Waals surface area (Å²) in [6.07, 6.45) is 4.48. The van der Waals surface area contributed by atoms with Gasteiger partial charge in [-0.25, -0.2) is 4.98 Å². The minimum atomic E-state index is -0.259. The van der Waals surface area contributed by atoms with Gasteiger partial charge in [0.05, 0.1) is 6.61 Å². The number of ether oxygens (including phenoxy) is 1. The fraction of sp³-hybridized carbons (Fsp3) is 0.375. The molecule has 5 nitrogen and oxygen atoms in total. The molecular formula is C16H19N3O2. The summed E-state index contributed by atoms with van der Waals surface area (Å²) in [6.45, 7) is 5.05. The summed E-state index contributed by atoms with van der Waals surface area (Å²) in [5.41, 5.74) is 2.32. The van der Waals surface area contributed by atoms with Gasteiger partial charge >= 0.3 is 0 Å². The van der Waals surface area contributed by atoms with Crippen molar-refractivity contribution in [2.24, 2.45) is 0 Å². The highest BCUT2D eigenvalue weighted by Gasteiger charge is 2.16. The molecule has 0 saturated heterocycles. The number of rotatable bonds is 4. The van der Waals surface area contributed by atoms with E-state index in [-0.39, 0.29) is 11.9 Å². The zero-order valence-corrected chi connectivity index (χ0v) is 12.3. The molecule has 1 amide bonds. The lowest BCUT2D eigenvalue weighted by molar-refractivity contribution is -0.124. The molecule has 0 radical (unpaired) electrons. The number of nitrogens with zero attached hydrogens (tertiary/aromatic N) is 2. The molecule has 2 aromatic rings. The second kappa shape index (κ2) is 5.60. The predicted molar refractivity (Wildman–Crippen MR) is 79.2 cm³/mol. The van der Waals surface area contributed by atoms with Crippen molar-refractivity contribution in [1.29, 1.82) is 0 Å². The Hall–Kier alpha value is -2.30. The minimum Gasteiger partial charge on any atom is -0.493 e. The zero-order chi connectivity index (χ0) is 14.8. The summed E-state index contributed by atoms with van der Waals surface area (Å²) >= 11 is 0. The SMILES string of the molecule is Cc1nccn1[C@H](C)C(=O)NCc1ccc2c(c1)CCO2. The fourth-order valence-corrected chi connectivity index (χ4v) is 2.61. The summed E-state index contributed by atoms with van der Waals surface area (Å²) in [5, 5.41) is 2.98. The Bertz CT molecular complexity index is 663. The van der Waals surface area contributed by atoms with Crippen LogP contribution < -0.4 is 10.1 Å². The van der Waals surface area contributed by atoms with Crippen LogP contribution in [0.5, 0.6) is 5.75 Å². The van der Waals surface area contributed by atoms with Crippen LogP contribution in [0.3, 0.4) is 0 Å². The Morgan fingerprint density at radius 2 is 2.38 bits per heavy atom. The molecule has 21 heavy (non-hydrogen) atoms. The molecule has 1 aromatic carbocycles. The van der Waals surface area contributed by atoms with E-state index in [0.717, 1.165) is 30.2 Å². The topological polar surface area (TPSA) is 56.2 Å². The van der Waals surface area contributed by atoms with E-state index in [2.05, 4.69) is 16.4 Å². The number of carbonyl (C=O) groups excluding carboxylic acids is 1. The molecule has 1 aliphatic rings.